The fourth-order valence-corrected chi connectivity index (χ4v) is 1.92. The zero-order chi connectivity index (χ0) is 13.1. The summed E-state index contributed by atoms with van der Waals surface area (Å²) in [5.41, 5.74) is 4.92. The highest BCUT2D eigenvalue weighted by Crippen LogP contribution is 2.15. The quantitative estimate of drug-likeness (QED) is 0.610. The second-order valence-corrected chi connectivity index (χ2v) is 4.52. The first-order valence-electron chi connectivity index (χ1n) is 6.72. The van der Waals surface area contributed by atoms with Gasteiger partial charge >= 0.3 is 6.03 Å². The van der Waals surface area contributed by atoms with E-state index >= 15 is 0 Å². The number of carbonyl (C=O) groups is 2. The van der Waals surface area contributed by atoms with Crippen LogP contribution in [0.5, 0.6) is 0 Å². The molecule has 0 spiro atoms. The SMILES string of the molecule is CCCCCCCCC(CC)C(=O)NC(N)=O. The molecule has 1 unspecified atom stereocenters. The number of unbranched alkanes of at least 4 members (excludes halogenated alkanes) is 5. The van der Waals surface area contributed by atoms with Crippen LogP contribution in [0.1, 0.15) is 65.2 Å². The van der Waals surface area contributed by atoms with E-state index in [1.54, 1.807) is 0 Å². The lowest BCUT2D eigenvalue weighted by atomic mass is 9.97. The van der Waals surface area contributed by atoms with Crippen molar-refractivity contribution in [2.75, 3.05) is 0 Å². The Morgan fingerprint density at radius 3 is 2.18 bits per heavy atom. The van der Waals surface area contributed by atoms with Crippen molar-refractivity contribution in [2.45, 2.75) is 65.2 Å². The zero-order valence-corrected chi connectivity index (χ0v) is 11.1. The van der Waals surface area contributed by atoms with Crippen LogP contribution in [0.15, 0.2) is 0 Å². The molecule has 0 aliphatic rings. The first-order valence-corrected chi connectivity index (χ1v) is 6.72. The van der Waals surface area contributed by atoms with E-state index in [1.165, 1.54) is 32.1 Å². The lowest BCUT2D eigenvalue weighted by Crippen LogP contribution is -2.39. The van der Waals surface area contributed by atoms with Crippen LogP contribution < -0.4 is 11.1 Å². The minimum Gasteiger partial charge on any atom is -0.351 e. The summed E-state index contributed by atoms with van der Waals surface area (Å²) >= 11 is 0. The van der Waals surface area contributed by atoms with E-state index in [1.807, 2.05) is 6.92 Å². The highest BCUT2D eigenvalue weighted by Gasteiger charge is 2.16. The number of nitrogens with two attached hydrogens (primary N) is 1. The van der Waals surface area contributed by atoms with Gasteiger partial charge in [-0.2, -0.15) is 0 Å². The predicted octanol–water partition coefficient (Wildman–Crippen LogP) is 2.96. The molecule has 0 aliphatic carbocycles. The van der Waals surface area contributed by atoms with Crippen molar-refractivity contribution in [3.63, 3.8) is 0 Å². The normalized spacial score (nSPS) is 12.1. The molecule has 0 aromatic rings. The van der Waals surface area contributed by atoms with Crippen LogP contribution in [-0.4, -0.2) is 11.9 Å². The molecule has 0 fully saturated rings. The monoisotopic (exact) mass is 242 g/mol. The Hall–Kier alpha value is -1.06. The molecule has 0 heterocycles. The van der Waals surface area contributed by atoms with E-state index in [0.717, 1.165) is 19.3 Å². The van der Waals surface area contributed by atoms with Crippen LogP contribution in [0.3, 0.4) is 0 Å². The molecule has 0 rings (SSSR count). The minimum atomic E-state index is -0.753. The Morgan fingerprint density at radius 1 is 1.06 bits per heavy atom. The number of hydrogen-bond donors (Lipinski definition) is 2. The highest BCUT2D eigenvalue weighted by atomic mass is 16.2. The number of nitrogens with one attached hydrogen (secondary N) is 1. The third-order valence-corrected chi connectivity index (χ3v) is 3.02. The molecule has 3 amide bonds. The smallest absolute Gasteiger partial charge is 0.318 e. The van der Waals surface area contributed by atoms with Gasteiger partial charge in [0, 0.05) is 5.92 Å². The molecular weight excluding hydrogens is 216 g/mol. The maximum absolute atomic E-state index is 11.5. The van der Waals surface area contributed by atoms with Crippen LogP contribution in [0.25, 0.3) is 0 Å². The van der Waals surface area contributed by atoms with Crippen molar-refractivity contribution in [2.24, 2.45) is 11.7 Å². The topological polar surface area (TPSA) is 72.2 Å². The lowest BCUT2D eigenvalue weighted by Gasteiger charge is -2.13. The molecule has 17 heavy (non-hydrogen) atoms. The summed E-state index contributed by atoms with van der Waals surface area (Å²) in [5.74, 6) is -0.303. The summed E-state index contributed by atoms with van der Waals surface area (Å²) in [4.78, 5) is 22.1. The maximum atomic E-state index is 11.5. The number of hydrogen-bond acceptors (Lipinski definition) is 2. The fourth-order valence-electron chi connectivity index (χ4n) is 1.92. The number of rotatable bonds is 9. The van der Waals surface area contributed by atoms with Crippen molar-refractivity contribution in [1.29, 1.82) is 0 Å². The van der Waals surface area contributed by atoms with Crippen molar-refractivity contribution < 1.29 is 9.59 Å². The van der Waals surface area contributed by atoms with Gasteiger partial charge in [0.05, 0.1) is 0 Å². The molecule has 0 aromatic carbocycles. The van der Waals surface area contributed by atoms with E-state index in [0.29, 0.717) is 0 Å². The summed E-state index contributed by atoms with van der Waals surface area (Å²) in [7, 11) is 0. The number of amides is 3. The van der Waals surface area contributed by atoms with Crippen molar-refractivity contribution >= 4 is 11.9 Å². The van der Waals surface area contributed by atoms with E-state index in [2.05, 4.69) is 12.2 Å². The van der Waals surface area contributed by atoms with Crippen molar-refractivity contribution in [1.82, 2.24) is 5.32 Å². The predicted molar refractivity (Wildman–Crippen MR) is 69.5 cm³/mol. The van der Waals surface area contributed by atoms with E-state index in [-0.39, 0.29) is 11.8 Å². The van der Waals surface area contributed by atoms with Gasteiger partial charge in [0.15, 0.2) is 0 Å². The second-order valence-electron chi connectivity index (χ2n) is 4.52. The van der Waals surface area contributed by atoms with Gasteiger partial charge in [-0.3, -0.25) is 10.1 Å². The van der Waals surface area contributed by atoms with Crippen molar-refractivity contribution in [3.05, 3.63) is 0 Å². The standard InChI is InChI=1S/C13H26N2O2/c1-3-5-6-7-8-9-10-11(4-2)12(16)15-13(14)17/h11H,3-10H2,1-2H3,(H3,14,15,16,17). The zero-order valence-electron chi connectivity index (χ0n) is 11.1. The Morgan fingerprint density at radius 2 is 1.65 bits per heavy atom. The third kappa shape index (κ3) is 8.72. The van der Waals surface area contributed by atoms with Gasteiger partial charge in [-0.25, -0.2) is 4.79 Å². The number of imide groups is 1. The molecule has 3 N–H and O–H groups in total. The molecule has 0 saturated heterocycles. The summed E-state index contributed by atoms with van der Waals surface area (Å²) in [6.07, 6.45) is 8.88. The van der Waals surface area contributed by atoms with Crippen LogP contribution in [-0.2, 0) is 4.79 Å². The first kappa shape index (κ1) is 15.9. The number of carbonyl (C=O) groups excluding carboxylic acids is 2. The molecule has 0 saturated carbocycles. The summed E-state index contributed by atoms with van der Waals surface area (Å²) in [6, 6.07) is -0.753. The van der Waals surface area contributed by atoms with Gasteiger partial charge in [-0.15, -0.1) is 0 Å². The van der Waals surface area contributed by atoms with Gasteiger partial charge in [-0.1, -0.05) is 52.4 Å². The Kier molecular flexibility index (Phi) is 9.49. The Bertz CT molecular complexity index is 229. The third-order valence-electron chi connectivity index (χ3n) is 3.02. The first-order chi connectivity index (χ1) is 8.11. The lowest BCUT2D eigenvalue weighted by molar-refractivity contribution is -0.124. The van der Waals surface area contributed by atoms with Crippen LogP contribution >= 0.6 is 0 Å². The molecule has 0 aromatic heterocycles. The van der Waals surface area contributed by atoms with Gasteiger partial charge in [0.25, 0.3) is 0 Å². The second kappa shape index (κ2) is 10.1. The van der Waals surface area contributed by atoms with Gasteiger partial charge in [0.1, 0.15) is 0 Å². The Labute approximate surface area is 104 Å². The van der Waals surface area contributed by atoms with Crippen molar-refractivity contribution in [3.8, 4) is 0 Å². The largest absolute Gasteiger partial charge is 0.351 e. The van der Waals surface area contributed by atoms with Crippen LogP contribution in [0.2, 0.25) is 0 Å². The molecule has 1 atom stereocenters. The average molecular weight is 242 g/mol. The van der Waals surface area contributed by atoms with Crippen LogP contribution in [0, 0.1) is 5.92 Å². The average Bonchev–Trinajstić information content (AvgIpc) is 2.27. The molecule has 100 valence electrons. The Balaban J connectivity index is 3.67. The molecule has 4 nitrogen and oxygen atoms in total. The molecule has 0 bridgehead atoms. The molecular formula is C13H26N2O2. The molecule has 0 radical (unpaired) electrons. The van der Waals surface area contributed by atoms with E-state index < -0.39 is 6.03 Å². The minimum absolute atomic E-state index is 0.0753. The van der Waals surface area contributed by atoms with E-state index in [4.69, 9.17) is 5.73 Å². The van der Waals surface area contributed by atoms with Crippen LogP contribution in [0.4, 0.5) is 4.79 Å². The van der Waals surface area contributed by atoms with Gasteiger partial charge < -0.3 is 5.73 Å². The summed E-state index contributed by atoms with van der Waals surface area (Å²) < 4.78 is 0. The van der Waals surface area contributed by atoms with Gasteiger partial charge in [-0.05, 0) is 12.8 Å². The van der Waals surface area contributed by atoms with E-state index in [9.17, 15) is 9.59 Å². The number of urea groups is 1. The summed E-state index contributed by atoms with van der Waals surface area (Å²) in [5, 5.41) is 2.15. The molecule has 4 heteroatoms. The molecule has 0 aliphatic heterocycles. The fraction of sp³-hybridized carbons (Fsp3) is 0.846. The summed E-state index contributed by atoms with van der Waals surface area (Å²) in [6.45, 7) is 4.16. The maximum Gasteiger partial charge on any atom is 0.318 e. The number of primary amides is 1. The van der Waals surface area contributed by atoms with Gasteiger partial charge in [0.2, 0.25) is 5.91 Å². The highest BCUT2D eigenvalue weighted by molar-refractivity contribution is 5.94.